The minimum Gasteiger partial charge on any atom is -0.393 e. The van der Waals surface area contributed by atoms with Crippen molar-refractivity contribution in [2.75, 3.05) is 36.5 Å². The van der Waals surface area contributed by atoms with Crippen LogP contribution in [0, 0.1) is 0 Å². The van der Waals surface area contributed by atoms with Gasteiger partial charge in [-0.1, -0.05) is 11.3 Å². The Labute approximate surface area is 184 Å². The van der Waals surface area contributed by atoms with E-state index in [1.807, 2.05) is 6.20 Å². The summed E-state index contributed by atoms with van der Waals surface area (Å²) in [5.41, 5.74) is 6.96. The molecule has 1 saturated heterocycles. The number of thiazole rings is 1. The topological polar surface area (TPSA) is 138 Å². The number of carbonyl (C=O) groups excluding carboxylic acids is 2. The maximum Gasteiger partial charge on any atom is 0.324 e. The third kappa shape index (κ3) is 3.61. The highest BCUT2D eigenvalue weighted by Gasteiger charge is 2.48. The van der Waals surface area contributed by atoms with E-state index < -0.39 is 24.1 Å². The molecule has 0 radical (unpaired) electrons. The summed E-state index contributed by atoms with van der Waals surface area (Å²) in [5, 5.41) is 13.0. The Morgan fingerprint density at radius 2 is 2.10 bits per heavy atom. The van der Waals surface area contributed by atoms with Crippen LogP contribution in [0.15, 0.2) is 6.20 Å². The minimum absolute atomic E-state index is 0.346. The van der Waals surface area contributed by atoms with E-state index in [0.29, 0.717) is 30.5 Å². The van der Waals surface area contributed by atoms with Crippen molar-refractivity contribution >= 4 is 34.4 Å². The van der Waals surface area contributed by atoms with Crippen LogP contribution in [-0.4, -0.2) is 68.7 Å². The molecule has 2 aliphatic rings. The van der Waals surface area contributed by atoms with Crippen molar-refractivity contribution in [1.82, 2.24) is 19.9 Å². The number of aliphatic hydroxyl groups excluding tert-OH is 1. The number of nitrogens with one attached hydrogen (secondary N) is 1. The van der Waals surface area contributed by atoms with E-state index in [1.165, 1.54) is 16.2 Å². The quantitative estimate of drug-likeness (QED) is 0.611. The van der Waals surface area contributed by atoms with Crippen LogP contribution in [0.5, 0.6) is 0 Å². The smallest absolute Gasteiger partial charge is 0.324 e. The first-order valence-corrected chi connectivity index (χ1v) is 11.4. The molecule has 166 valence electrons. The first kappa shape index (κ1) is 21.4. The number of rotatable bonds is 6. The molecule has 0 saturated carbocycles. The second kappa shape index (κ2) is 8.39. The SMILES string of the molecule is CCN(CC)c1ncc2c(n1)-c1sc(NC(=O)N3CCC[C@@]3(CO)C(N)=O)nc1CC2. The van der Waals surface area contributed by atoms with Gasteiger partial charge in [-0.25, -0.2) is 19.7 Å². The molecule has 2 aromatic heterocycles. The van der Waals surface area contributed by atoms with Gasteiger partial charge in [0.1, 0.15) is 5.54 Å². The Morgan fingerprint density at radius 1 is 1.32 bits per heavy atom. The van der Waals surface area contributed by atoms with Crippen LogP contribution >= 0.6 is 11.3 Å². The Kier molecular flexibility index (Phi) is 5.80. The highest BCUT2D eigenvalue weighted by molar-refractivity contribution is 7.19. The number of hydrogen-bond donors (Lipinski definition) is 3. The molecule has 31 heavy (non-hydrogen) atoms. The van der Waals surface area contributed by atoms with E-state index in [-0.39, 0.29) is 0 Å². The average Bonchev–Trinajstić information content (AvgIpc) is 3.39. The van der Waals surface area contributed by atoms with E-state index in [4.69, 9.17) is 10.7 Å². The number of urea groups is 1. The maximum absolute atomic E-state index is 12.9. The van der Waals surface area contributed by atoms with Crippen LogP contribution in [-0.2, 0) is 17.6 Å². The van der Waals surface area contributed by atoms with E-state index in [0.717, 1.165) is 47.8 Å². The average molecular weight is 446 g/mol. The highest BCUT2D eigenvalue weighted by atomic mass is 32.1. The third-order valence-electron chi connectivity index (χ3n) is 6.11. The number of carbonyl (C=O) groups is 2. The van der Waals surface area contributed by atoms with Gasteiger partial charge in [-0.05, 0) is 45.1 Å². The lowest BCUT2D eigenvalue weighted by molar-refractivity contribution is -0.129. The summed E-state index contributed by atoms with van der Waals surface area (Å²) in [6.45, 7) is 5.61. The van der Waals surface area contributed by atoms with Crippen molar-refractivity contribution < 1.29 is 14.7 Å². The number of amides is 3. The fraction of sp³-hybridized carbons (Fsp3) is 0.550. The molecular weight excluding hydrogens is 418 g/mol. The number of hydrogen-bond acceptors (Lipinski definition) is 8. The predicted molar refractivity (Wildman–Crippen MR) is 118 cm³/mol. The summed E-state index contributed by atoms with van der Waals surface area (Å²) >= 11 is 1.36. The van der Waals surface area contributed by atoms with Gasteiger partial charge in [-0.3, -0.25) is 10.1 Å². The van der Waals surface area contributed by atoms with E-state index in [9.17, 15) is 14.7 Å². The van der Waals surface area contributed by atoms with Gasteiger partial charge in [0.05, 0.1) is 22.9 Å². The van der Waals surface area contributed by atoms with Crippen molar-refractivity contribution in [3.05, 3.63) is 17.5 Å². The van der Waals surface area contributed by atoms with Crippen LogP contribution in [0.4, 0.5) is 15.9 Å². The van der Waals surface area contributed by atoms with Crippen LogP contribution < -0.4 is 16.0 Å². The molecule has 11 heteroatoms. The summed E-state index contributed by atoms with van der Waals surface area (Å²) in [5.74, 6) is -0.0162. The molecule has 4 rings (SSSR count). The molecule has 1 atom stereocenters. The molecule has 3 heterocycles. The molecule has 2 aromatic rings. The Morgan fingerprint density at radius 3 is 2.77 bits per heavy atom. The number of aryl methyl sites for hydroxylation is 2. The number of nitrogens with zero attached hydrogens (tertiary/aromatic N) is 5. The molecule has 3 amide bonds. The molecule has 4 N–H and O–H groups in total. The van der Waals surface area contributed by atoms with Crippen LogP contribution in [0.1, 0.15) is 37.9 Å². The summed E-state index contributed by atoms with van der Waals surface area (Å²) in [6.07, 6.45) is 4.36. The third-order valence-corrected chi connectivity index (χ3v) is 7.13. The first-order chi connectivity index (χ1) is 14.9. The second-order valence-electron chi connectivity index (χ2n) is 7.75. The second-order valence-corrected chi connectivity index (χ2v) is 8.75. The molecule has 0 spiro atoms. The van der Waals surface area contributed by atoms with Gasteiger partial charge in [0.15, 0.2) is 5.13 Å². The maximum atomic E-state index is 12.9. The molecule has 1 aliphatic heterocycles. The first-order valence-electron chi connectivity index (χ1n) is 10.5. The monoisotopic (exact) mass is 445 g/mol. The Bertz CT molecular complexity index is 1010. The van der Waals surface area contributed by atoms with Gasteiger partial charge in [0, 0.05) is 25.8 Å². The Hall–Kier alpha value is -2.79. The number of aromatic nitrogens is 3. The van der Waals surface area contributed by atoms with Gasteiger partial charge in [0.25, 0.3) is 0 Å². The summed E-state index contributed by atoms with van der Waals surface area (Å²) in [4.78, 5) is 43.1. The van der Waals surface area contributed by atoms with Gasteiger partial charge in [-0.2, -0.15) is 0 Å². The van der Waals surface area contributed by atoms with Crippen molar-refractivity contribution in [3.8, 4) is 10.6 Å². The number of nitrogens with two attached hydrogens (primary N) is 1. The minimum atomic E-state index is -1.36. The van der Waals surface area contributed by atoms with Crippen LogP contribution in [0.2, 0.25) is 0 Å². The van der Waals surface area contributed by atoms with E-state index >= 15 is 0 Å². The standard InChI is InChI=1S/C20H27N7O3S/c1-3-26(4-2)17-22-10-12-6-7-13-15(14(12)24-17)31-18(23-13)25-19(30)27-9-5-8-20(27,11-28)16(21)29/h10,28H,3-9,11H2,1-2H3,(H2,21,29)(H,23,25,30)/t20-/m1/s1. The molecule has 0 unspecified atom stereocenters. The van der Waals surface area contributed by atoms with Gasteiger partial charge < -0.3 is 20.6 Å². The molecule has 0 aromatic carbocycles. The number of primary amides is 1. The lowest BCUT2D eigenvalue weighted by Crippen LogP contribution is -2.59. The molecular formula is C20H27N7O3S. The highest BCUT2D eigenvalue weighted by Crippen LogP contribution is 2.39. The fourth-order valence-corrected chi connectivity index (χ4v) is 5.31. The summed E-state index contributed by atoms with van der Waals surface area (Å²) < 4.78 is 0. The Balaban J connectivity index is 1.60. The van der Waals surface area contributed by atoms with Crippen LogP contribution in [0.3, 0.4) is 0 Å². The van der Waals surface area contributed by atoms with E-state index in [1.54, 1.807) is 0 Å². The van der Waals surface area contributed by atoms with Gasteiger partial charge in [-0.15, -0.1) is 0 Å². The number of fused-ring (bicyclic) bond motifs is 3. The van der Waals surface area contributed by atoms with Crippen molar-refractivity contribution in [1.29, 1.82) is 0 Å². The summed E-state index contributed by atoms with van der Waals surface area (Å²) in [7, 11) is 0. The van der Waals surface area contributed by atoms with Crippen molar-refractivity contribution in [2.45, 2.75) is 45.1 Å². The lowest BCUT2D eigenvalue weighted by atomic mass is 9.97. The normalized spacial score (nSPS) is 19.6. The van der Waals surface area contributed by atoms with Crippen molar-refractivity contribution in [2.24, 2.45) is 5.73 Å². The largest absolute Gasteiger partial charge is 0.393 e. The molecule has 1 aliphatic carbocycles. The zero-order valence-corrected chi connectivity index (χ0v) is 18.5. The summed E-state index contributed by atoms with van der Waals surface area (Å²) in [6, 6.07) is -0.483. The molecule has 10 nitrogen and oxygen atoms in total. The predicted octanol–water partition coefficient (Wildman–Crippen LogP) is 1.39. The number of likely N-dealkylation sites (tertiary alicyclic amines) is 1. The zero-order valence-electron chi connectivity index (χ0n) is 17.7. The van der Waals surface area contributed by atoms with Crippen LogP contribution in [0.25, 0.3) is 10.6 Å². The molecule has 0 bridgehead atoms. The van der Waals surface area contributed by atoms with Gasteiger partial charge >= 0.3 is 6.03 Å². The lowest BCUT2D eigenvalue weighted by Gasteiger charge is -2.33. The van der Waals surface area contributed by atoms with Gasteiger partial charge in [0.2, 0.25) is 11.9 Å². The van der Waals surface area contributed by atoms with E-state index in [2.05, 4.69) is 34.0 Å². The zero-order chi connectivity index (χ0) is 22.2. The molecule has 1 fully saturated rings. The number of anilines is 2. The van der Waals surface area contributed by atoms with Crippen molar-refractivity contribution in [3.63, 3.8) is 0 Å². The number of aliphatic hydroxyl groups is 1. The fourth-order valence-electron chi connectivity index (χ4n) is 4.28.